The third-order valence-corrected chi connectivity index (χ3v) is 4.55. The summed E-state index contributed by atoms with van der Waals surface area (Å²) in [6.45, 7) is 1.97. The second-order valence-electron chi connectivity index (χ2n) is 5.37. The van der Waals surface area contributed by atoms with Gasteiger partial charge in [-0.05, 0) is 49.7 Å². The average Bonchev–Trinajstić information content (AvgIpc) is 2.38. The minimum atomic E-state index is 0.284. The van der Waals surface area contributed by atoms with Crippen LogP contribution >= 0.6 is 27.5 Å². The van der Waals surface area contributed by atoms with E-state index in [0.29, 0.717) is 0 Å². The first kappa shape index (κ1) is 14.2. The molecule has 1 heterocycles. The number of likely N-dealkylation sites (tertiary alicyclic amines) is 1. The van der Waals surface area contributed by atoms with Gasteiger partial charge < -0.3 is 4.74 Å². The Morgan fingerprint density at radius 1 is 1.35 bits per heavy atom. The first-order valence-corrected chi connectivity index (χ1v) is 8.01. The molecule has 1 aromatic rings. The van der Waals surface area contributed by atoms with Gasteiger partial charge in [-0.15, -0.1) is 0 Å². The summed E-state index contributed by atoms with van der Waals surface area (Å²) in [5.41, 5.74) is 2.31. The molecule has 1 saturated heterocycles. The second-order valence-corrected chi connectivity index (χ2v) is 6.69. The predicted octanol–water partition coefficient (Wildman–Crippen LogP) is 4.44. The molecule has 0 spiro atoms. The van der Waals surface area contributed by atoms with Crippen LogP contribution in [0, 0.1) is 0 Å². The van der Waals surface area contributed by atoms with Gasteiger partial charge in [-0.2, -0.15) is 0 Å². The maximum absolute atomic E-state index is 6.35. The van der Waals surface area contributed by atoms with Crippen LogP contribution in [0.2, 0.25) is 0 Å². The molecule has 1 fully saturated rings. The molecular formula is C16H17BrClNO. The zero-order chi connectivity index (χ0) is 14.1. The molecule has 2 aliphatic rings. The Labute approximate surface area is 133 Å². The first-order valence-electron chi connectivity index (χ1n) is 6.84. The summed E-state index contributed by atoms with van der Waals surface area (Å²) in [5.74, 6) is 0.931. The van der Waals surface area contributed by atoms with Gasteiger partial charge in [0, 0.05) is 28.2 Å². The quantitative estimate of drug-likeness (QED) is 0.795. The van der Waals surface area contributed by atoms with E-state index in [9.17, 15) is 0 Å². The van der Waals surface area contributed by atoms with Gasteiger partial charge in [0.25, 0.3) is 0 Å². The average molecular weight is 355 g/mol. The Kier molecular flexibility index (Phi) is 4.20. The summed E-state index contributed by atoms with van der Waals surface area (Å²) in [6, 6.07) is 6.19. The van der Waals surface area contributed by atoms with Crippen LogP contribution in [-0.4, -0.2) is 31.1 Å². The molecule has 1 aliphatic carbocycles. The Morgan fingerprint density at radius 3 is 2.85 bits per heavy atom. The number of allylic oxidation sites excluding steroid dienone is 4. The number of ether oxygens (including phenoxy) is 1. The van der Waals surface area contributed by atoms with Crippen LogP contribution in [0.25, 0.3) is 5.57 Å². The molecule has 3 rings (SSSR count). The monoisotopic (exact) mass is 353 g/mol. The number of nitrogens with zero attached hydrogens (tertiary/aromatic N) is 1. The van der Waals surface area contributed by atoms with Crippen LogP contribution in [0.15, 0.2) is 39.9 Å². The standard InChI is InChI=1S/C16H17BrClNO/c1-19-9-12(10-19)20-16-8-11(17)6-7-14(16)13-4-2-3-5-15(13)18/h3,5-8,12H,2,4,9-10H2,1H3. The third-order valence-electron chi connectivity index (χ3n) is 3.71. The zero-order valence-electron chi connectivity index (χ0n) is 11.4. The molecule has 1 aromatic carbocycles. The molecule has 0 atom stereocenters. The van der Waals surface area contributed by atoms with Crippen molar-refractivity contribution in [1.82, 2.24) is 4.90 Å². The second kappa shape index (κ2) is 5.92. The summed E-state index contributed by atoms with van der Waals surface area (Å²) in [7, 11) is 2.10. The van der Waals surface area contributed by atoms with Crippen molar-refractivity contribution in [3.8, 4) is 5.75 Å². The van der Waals surface area contributed by atoms with E-state index in [1.54, 1.807) is 0 Å². The van der Waals surface area contributed by atoms with Crippen LogP contribution < -0.4 is 4.74 Å². The minimum absolute atomic E-state index is 0.284. The van der Waals surface area contributed by atoms with Crippen molar-refractivity contribution in [2.24, 2.45) is 0 Å². The summed E-state index contributed by atoms with van der Waals surface area (Å²) < 4.78 is 7.18. The van der Waals surface area contributed by atoms with Crippen molar-refractivity contribution >= 4 is 33.1 Å². The van der Waals surface area contributed by atoms with Gasteiger partial charge in [-0.25, -0.2) is 0 Å². The molecule has 0 aromatic heterocycles. The molecule has 2 nitrogen and oxygen atoms in total. The van der Waals surface area contributed by atoms with Gasteiger partial charge in [-0.3, -0.25) is 4.90 Å². The maximum atomic E-state index is 6.35. The van der Waals surface area contributed by atoms with E-state index >= 15 is 0 Å². The van der Waals surface area contributed by atoms with Gasteiger partial charge in [0.1, 0.15) is 11.9 Å². The lowest BCUT2D eigenvalue weighted by Crippen LogP contribution is -2.51. The Hall–Kier alpha value is -0.770. The van der Waals surface area contributed by atoms with Crippen molar-refractivity contribution < 1.29 is 4.74 Å². The van der Waals surface area contributed by atoms with Crippen LogP contribution in [0.3, 0.4) is 0 Å². The molecule has 20 heavy (non-hydrogen) atoms. The highest BCUT2D eigenvalue weighted by molar-refractivity contribution is 9.10. The van der Waals surface area contributed by atoms with E-state index in [4.69, 9.17) is 16.3 Å². The minimum Gasteiger partial charge on any atom is -0.487 e. The maximum Gasteiger partial charge on any atom is 0.128 e. The number of benzene rings is 1. The number of halogens is 2. The lowest BCUT2D eigenvalue weighted by atomic mass is 9.96. The van der Waals surface area contributed by atoms with Crippen molar-refractivity contribution in [2.75, 3.05) is 20.1 Å². The molecule has 0 bridgehead atoms. The highest BCUT2D eigenvalue weighted by Gasteiger charge is 2.26. The molecule has 4 heteroatoms. The summed E-state index contributed by atoms with van der Waals surface area (Å²) >= 11 is 9.88. The van der Waals surface area contributed by atoms with Gasteiger partial charge in [0.05, 0.1) is 0 Å². The highest BCUT2D eigenvalue weighted by Crippen LogP contribution is 2.38. The van der Waals surface area contributed by atoms with E-state index in [1.807, 2.05) is 18.2 Å². The van der Waals surface area contributed by atoms with Crippen LogP contribution in [0.4, 0.5) is 0 Å². The normalized spacial score (nSPS) is 20.1. The van der Waals surface area contributed by atoms with Crippen molar-refractivity contribution in [1.29, 1.82) is 0 Å². The lowest BCUT2D eigenvalue weighted by molar-refractivity contribution is 0.0386. The first-order chi connectivity index (χ1) is 9.63. The van der Waals surface area contributed by atoms with E-state index < -0.39 is 0 Å². The molecule has 0 radical (unpaired) electrons. The molecule has 0 saturated carbocycles. The fraction of sp³-hybridized carbons (Fsp3) is 0.375. The summed E-state index contributed by atoms with van der Waals surface area (Å²) in [6.07, 6.45) is 6.40. The SMILES string of the molecule is CN1CC(Oc2cc(Br)ccc2C2=C(Cl)C=CCC2)C1. The molecule has 106 valence electrons. The zero-order valence-corrected chi connectivity index (χ0v) is 13.7. The summed E-state index contributed by atoms with van der Waals surface area (Å²) in [5, 5.41) is 0.828. The molecule has 1 aliphatic heterocycles. The van der Waals surface area contributed by atoms with Gasteiger partial charge >= 0.3 is 0 Å². The number of likely N-dealkylation sites (N-methyl/N-ethyl adjacent to an activating group) is 1. The highest BCUT2D eigenvalue weighted by atomic mass is 79.9. The Balaban J connectivity index is 1.92. The Bertz CT molecular complexity index is 576. The van der Waals surface area contributed by atoms with E-state index in [2.05, 4.69) is 40.0 Å². The summed E-state index contributed by atoms with van der Waals surface area (Å²) in [4.78, 5) is 2.25. The number of hydrogen-bond donors (Lipinski definition) is 0. The fourth-order valence-electron chi connectivity index (χ4n) is 2.64. The van der Waals surface area contributed by atoms with Crippen LogP contribution in [0.1, 0.15) is 18.4 Å². The van der Waals surface area contributed by atoms with Gasteiger partial charge in [-0.1, -0.05) is 33.6 Å². The van der Waals surface area contributed by atoms with E-state index in [-0.39, 0.29) is 6.10 Å². The van der Waals surface area contributed by atoms with Gasteiger partial charge in [0.15, 0.2) is 0 Å². The molecular weight excluding hydrogens is 338 g/mol. The topological polar surface area (TPSA) is 12.5 Å². The Morgan fingerprint density at radius 2 is 2.15 bits per heavy atom. The fourth-order valence-corrected chi connectivity index (χ4v) is 3.26. The van der Waals surface area contributed by atoms with Crippen molar-refractivity contribution in [3.63, 3.8) is 0 Å². The molecule has 0 unspecified atom stereocenters. The number of rotatable bonds is 3. The predicted molar refractivity (Wildman–Crippen MR) is 87.2 cm³/mol. The molecule has 0 amide bonds. The van der Waals surface area contributed by atoms with Crippen molar-refractivity contribution in [2.45, 2.75) is 18.9 Å². The van der Waals surface area contributed by atoms with Crippen molar-refractivity contribution in [3.05, 3.63) is 45.4 Å². The van der Waals surface area contributed by atoms with Gasteiger partial charge in [0.2, 0.25) is 0 Å². The molecule has 0 N–H and O–H groups in total. The van der Waals surface area contributed by atoms with Crippen LogP contribution in [0.5, 0.6) is 5.75 Å². The van der Waals surface area contributed by atoms with Crippen LogP contribution in [-0.2, 0) is 0 Å². The largest absolute Gasteiger partial charge is 0.487 e. The number of hydrogen-bond acceptors (Lipinski definition) is 2. The lowest BCUT2D eigenvalue weighted by Gasteiger charge is -2.36. The van der Waals surface area contributed by atoms with E-state index in [1.165, 1.54) is 5.57 Å². The van der Waals surface area contributed by atoms with E-state index in [0.717, 1.165) is 46.7 Å². The third kappa shape index (κ3) is 2.95. The smallest absolute Gasteiger partial charge is 0.128 e.